The topological polar surface area (TPSA) is 93.9 Å². The zero-order valence-corrected chi connectivity index (χ0v) is 12.6. The van der Waals surface area contributed by atoms with Gasteiger partial charge in [0.25, 0.3) is 0 Å². The Morgan fingerprint density at radius 3 is 2.74 bits per heavy atom. The fourth-order valence-electron chi connectivity index (χ4n) is 2.32. The Labute approximate surface area is 133 Å². The third-order valence-electron chi connectivity index (χ3n) is 3.33. The highest BCUT2D eigenvalue weighted by Crippen LogP contribution is 2.28. The highest BCUT2D eigenvalue weighted by Gasteiger charge is 2.19. The van der Waals surface area contributed by atoms with Crippen molar-refractivity contribution in [3.8, 4) is 22.6 Å². The molecule has 1 aromatic carbocycles. The molecule has 0 fully saturated rings. The normalized spacial score (nSPS) is 10.5. The molecule has 0 radical (unpaired) electrons. The van der Waals surface area contributed by atoms with Crippen LogP contribution < -0.4 is 5.73 Å². The van der Waals surface area contributed by atoms with Crippen molar-refractivity contribution in [3.05, 3.63) is 54.2 Å². The largest absolute Gasteiger partial charge is 0.462 e. The number of carbonyl (C=O) groups is 1. The van der Waals surface area contributed by atoms with E-state index in [-0.39, 0.29) is 11.9 Å². The number of carbonyl (C=O) groups excluding carboxylic acids is 1. The fraction of sp³-hybridized carbons (Fsp3) is 0.118. The summed E-state index contributed by atoms with van der Waals surface area (Å²) in [6, 6.07) is 13.0. The molecule has 23 heavy (non-hydrogen) atoms. The fourth-order valence-corrected chi connectivity index (χ4v) is 2.32. The minimum absolute atomic E-state index is 0.177. The maximum absolute atomic E-state index is 12.3. The summed E-state index contributed by atoms with van der Waals surface area (Å²) in [5.74, 6) is -0.202. The van der Waals surface area contributed by atoms with Crippen LogP contribution in [0.25, 0.3) is 22.6 Å². The van der Waals surface area contributed by atoms with Crippen molar-refractivity contribution in [2.24, 2.45) is 0 Å². The van der Waals surface area contributed by atoms with E-state index in [1.165, 1.54) is 0 Å². The van der Waals surface area contributed by atoms with Crippen LogP contribution >= 0.6 is 0 Å². The Hall–Kier alpha value is -3.15. The van der Waals surface area contributed by atoms with Gasteiger partial charge in [0.05, 0.1) is 29.3 Å². The summed E-state index contributed by atoms with van der Waals surface area (Å²) in [5.41, 5.74) is 8.98. The average molecular weight is 308 g/mol. The molecule has 3 N–H and O–H groups in total. The third kappa shape index (κ3) is 3.06. The lowest BCUT2D eigenvalue weighted by Gasteiger charge is -2.03. The molecule has 2 aromatic heterocycles. The Morgan fingerprint density at radius 2 is 2.04 bits per heavy atom. The van der Waals surface area contributed by atoms with Crippen LogP contribution in [0.1, 0.15) is 17.3 Å². The summed E-state index contributed by atoms with van der Waals surface area (Å²) < 4.78 is 5.15. The number of nitrogens with two attached hydrogens (primary N) is 1. The van der Waals surface area contributed by atoms with Gasteiger partial charge < -0.3 is 15.5 Å². The summed E-state index contributed by atoms with van der Waals surface area (Å²) in [6.07, 6.45) is 1.57. The van der Waals surface area contributed by atoms with E-state index < -0.39 is 0 Å². The maximum Gasteiger partial charge on any atom is 0.340 e. The van der Waals surface area contributed by atoms with Crippen molar-refractivity contribution in [2.45, 2.75) is 6.92 Å². The molecule has 6 nitrogen and oxygen atoms in total. The molecule has 3 rings (SSSR count). The van der Waals surface area contributed by atoms with Crippen LogP contribution in [0.5, 0.6) is 0 Å². The third-order valence-corrected chi connectivity index (χ3v) is 3.33. The van der Waals surface area contributed by atoms with Crippen molar-refractivity contribution in [1.29, 1.82) is 0 Å². The number of nitrogens with zero attached hydrogens (tertiary/aromatic N) is 2. The van der Waals surface area contributed by atoms with Gasteiger partial charge in [0.15, 0.2) is 0 Å². The molecule has 0 saturated carbocycles. The molecule has 0 amide bonds. The monoisotopic (exact) mass is 308 g/mol. The van der Waals surface area contributed by atoms with E-state index in [9.17, 15) is 4.79 Å². The summed E-state index contributed by atoms with van der Waals surface area (Å²) >= 11 is 0. The lowest BCUT2D eigenvalue weighted by molar-refractivity contribution is 0.0527. The number of benzene rings is 1. The number of aromatic nitrogens is 3. The molecule has 0 aliphatic heterocycles. The van der Waals surface area contributed by atoms with Gasteiger partial charge in [0.2, 0.25) is 5.95 Å². The molecule has 0 saturated heterocycles. The predicted octanol–water partition coefficient (Wildman–Crippen LogP) is 2.90. The van der Waals surface area contributed by atoms with Crippen LogP contribution in [0, 0.1) is 0 Å². The van der Waals surface area contributed by atoms with Gasteiger partial charge in [-0.15, -0.1) is 0 Å². The average Bonchev–Trinajstić information content (AvgIpc) is 3.01. The van der Waals surface area contributed by atoms with Crippen LogP contribution in [-0.4, -0.2) is 27.5 Å². The van der Waals surface area contributed by atoms with Gasteiger partial charge in [-0.25, -0.2) is 14.8 Å². The zero-order chi connectivity index (χ0) is 16.2. The summed E-state index contributed by atoms with van der Waals surface area (Å²) in [7, 11) is 0. The number of rotatable bonds is 4. The second-order valence-electron chi connectivity index (χ2n) is 4.86. The summed E-state index contributed by atoms with van der Waals surface area (Å²) in [6.45, 7) is 2.09. The van der Waals surface area contributed by atoms with Crippen LogP contribution in [0.3, 0.4) is 0 Å². The SMILES string of the molecule is CCOC(=O)c1cc(-c2ccnc(N)n2)[nH]c1-c1ccccc1. The van der Waals surface area contributed by atoms with Gasteiger partial charge in [0, 0.05) is 6.20 Å². The van der Waals surface area contributed by atoms with E-state index >= 15 is 0 Å². The number of hydrogen-bond donors (Lipinski definition) is 2. The first kappa shape index (κ1) is 14.8. The molecule has 2 heterocycles. The van der Waals surface area contributed by atoms with Crippen molar-refractivity contribution < 1.29 is 9.53 Å². The molecule has 0 aliphatic carbocycles. The lowest BCUT2D eigenvalue weighted by Crippen LogP contribution is -2.04. The second-order valence-corrected chi connectivity index (χ2v) is 4.86. The number of H-pyrrole nitrogens is 1. The molecule has 0 unspecified atom stereocenters. The Kier molecular flexibility index (Phi) is 4.05. The zero-order valence-electron chi connectivity index (χ0n) is 12.6. The van der Waals surface area contributed by atoms with Crippen molar-refractivity contribution in [3.63, 3.8) is 0 Å². The van der Waals surface area contributed by atoms with Gasteiger partial charge >= 0.3 is 5.97 Å². The molecule has 0 spiro atoms. The van der Waals surface area contributed by atoms with Gasteiger partial charge in [-0.2, -0.15) is 0 Å². The molecule has 0 aliphatic rings. The van der Waals surface area contributed by atoms with E-state index in [4.69, 9.17) is 10.5 Å². The number of hydrogen-bond acceptors (Lipinski definition) is 5. The predicted molar refractivity (Wildman–Crippen MR) is 87.6 cm³/mol. The molecular weight excluding hydrogens is 292 g/mol. The molecular formula is C17H16N4O2. The minimum atomic E-state index is -0.379. The quantitative estimate of drug-likeness (QED) is 0.723. The number of aromatic amines is 1. The van der Waals surface area contributed by atoms with E-state index in [1.54, 1.807) is 25.3 Å². The number of nitrogen functional groups attached to an aromatic ring is 1. The Morgan fingerprint density at radius 1 is 1.26 bits per heavy atom. The molecule has 116 valence electrons. The van der Waals surface area contributed by atoms with Crippen LogP contribution in [0.4, 0.5) is 5.95 Å². The molecule has 3 aromatic rings. The van der Waals surface area contributed by atoms with Gasteiger partial charge in [-0.1, -0.05) is 30.3 Å². The highest BCUT2D eigenvalue weighted by molar-refractivity contribution is 5.98. The maximum atomic E-state index is 12.3. The number of nitrogens with one attached hydrogen (secondary N) is 1. The number of ether oxygens (including phenoxy) is 1. The molecule has 0 atom stereocenters. The van der Waals surface area contributed by atoms with Gasteiger partial charge in [-0.3, -0.25) is 0 Å². The smallest absolute Gasteiger partial charge is 0.340 e. The summed E-state index contributed by atoms with van der Waals surface area (Å²) in [5, 5.41) is 0. The Balaban J connectivity index is 2.12. The van der Waals surface area contributed by atoms with Crippen LogP contribution in [0.2, 0.25) is 0 Å². The van der Waals surface area contributed by atoms with Crippen molar-refractivity contribution in [1.82, 2.24) is 15.0 Å². The van der Waals surface area contributed by atoms with E-state index in [0.717, 1.165) is 5.56 Å². The molecule has 6 heteroatoms. The van der Waals surface area contributed by atoms with E-state index in [0.29, 0.717) is 29.3 Å². The van der Waals surface area contributed by atoms with Crippen LogP contribution in [0.15, 0.2) is 48.7 Å². The highest BCUT2D eigenvalue weighted by atomic mass is 16.5. The first-order valence-corrected chi connectivity index (χ1v) is 7.23. The van der Waals surface area contributed by atoms with Crippen LogP contribution in [-0.2, 0) is 4.74 Å². The standard InChI is InChI=1S/C17H16N4O2/c1-2-23-16(22)12-10-14(13-8-9-19-17(18)21-13)20-15(12)11-6-4-3-5-7-11/h3-10,20H,2H2,1H3,(H2,18,19,21). The van der Waals surface area contributed by atoms with Crippen molar-refractivity contribution in [2.75, 3.05) is 12.3 Å². The van der Waals surface area contributed by atoms with Crippen molar-refractivity contribution >= 4 is 11.9 Å². The Bertz CT molecular complexity index is 828. The van der Waals surface area contributed by atoms with E-state index in [2.05, 4.69) is 15.0 Å². The first-order valence-electron chi connectivity index (χ1n) is 7.23. The van der Waals surface area contributed by atoms with Gasteiger partial charge in [-0.05, 0) is 24.6 Å². The molecule has 0 bridgehead atoms. The van der Waals surface area contributed by atoms with Gasteiger partial charge in [0.1, 0.15) is 0 Å². The second kappa shape index (κ2) is 6.31. The first-order chi connectivity index (χ1) is 11.2. The minimum Gasteiger partial charge on any atom is -0.462 e. The van der Waals surface area contributed by atoms with E-state index in [1.807, 2.05) is 30.3 Å². The number of esters is 1. The summed E-state index contributed by atoms with van der Waals surface area (Å²) in [4.78, 5) is 23.5. The number of anilines is 1. The lowest BCUT2D eigenvalue weighted by atomic mass is 10.1.